The second-order valence-electron chi connectivity index (χ2n) is 13.1. The van der Waals surface area contributed by atoms with E-state index in [2.05, 4.69) is 27.4 Å². The maximum atomic E-state index is 11.8. The van der Waals surface area contributed by atoms with Gasteiger partial charge in [-0.1, -0.05) is 169 Å². The van der Waals surface area contributed by atoms with Gasteiger partial charge >= 0.3 is 23.9 Å². The summed E-state index contributed by atoms with van der Waals surface area (Å²) in [4.78, 5) is 46.1. The molecular formula is C40H75NO7. The fourth-order valence-electron chi connectivity index (χ4n) is 5.18. The summed E-state index contributed by atoms with van der Waals surface area (Å²) in [7, 11) is 0. The summed E-state index contributed by atoms with van der Waals surface area (Å²) in [5.41, 5.74) is 5.77. The topological polar surface area (TPSA) is 122 Å². The first-order valence-electron chi connectivity index (χ1n) is 19.8. The molecule has 8 nitrogen and oxygen atoms in total. The number of ether oxygens (including phenoxy) is 3. The van der Waals surface area contributed by atoms with Crippen LogP contribution in [0.4, 0.5) is 0 Å². The minimum absolute atomic E-state index is 0.0587. The van der Waals surface area contributed by atoms with Gasteiger partial charge in [-0.25, -0.2) is 4.79 Å². The highest BCUT2D eigenvalue weighted by atomic mass is 16.6. The SMILES string of the molecule is C=CC(=O)OCCCCCCCCCCCC.CCCCCCCCCCCC(=O)OC(=O)CC[C@H](N)C(=O)OCCCCCCCC. The monoisotopic (exact) mass is 682 g/mol. The van der Waals surface area contributed by atoms with Crippen LogP contribution in [0.5, 0.6) is 0 Å². The van der Waals surface area contributed by atoms with Crippen molar-refractivity contribution in [1.29, 1.82) is 0 Å². The summed E-state index contributed by atoms with van der Waals surface area (Å²) in [5, 5.41) is 0. The van der Waals surface area contributed by atoms with Crippen LogP contribution in [0.1, 0.15) is 201 Å². The largest absolute Gasteiger partial charge is 0.465 e. The van der Waals surface area contributed by atoms with Crippen molar-refractivity contribution in [2.75, 3.05) is 13.2 Å². The van der Waals surface area contributed by atoms with E-state index < -0.39 is 23.9 Å². The minimum Gasteiger partial charge on any atom is -0.465 e. The molecule has 0 radical (unpaired) electrons. The van der Waals surface area contributed by atoms with Crippen LogP contribution in [-0.2, 0) is 33.4 Å². The fourth-order valence-corrected chi connectivity index (χ4v) is 5.18. The molecule has 0 saturated carbocycles. The van der Waals surface area contributed by atoms with Gasteiger partial charge in [0.05, 0.1) is 13.2 Å². The van der Waals surface area contributed by atoms with Gasteiger partial charge < -0.3 is 19.9 Å². The Bertz CT molecular complexity index is 771. The van der Waals surface area contributed by atoms with Gasteiger partial charge in [0.15, 0.2) is 0 Å². The summed E-state index contributed by atoms with van der Waals surface area (Å²) < 4.78 is 14.9. The van der Waals surface area contributed by atoms with Crippen LogP contribution in [0.2, 0.25) is 0 Å². The molecule has 0 rings (SSSR count). The third-order valence-electron chi connectivity index (χ3n) is 8.33. The van der Waals surface area contributed by atoms with Gasteiger partial charge in [0.25, 0.3) is 0 Å². The molecular weight excluding hydrogens is 606 g/mol. The van der Waals surface area contributed by atoms with Crippen LogP contribution in [0.3, 0.4) is 0 Å². The zero-order valence-electron chi connectivity index (χ0n) is 31.5. The molecule has 0 fully saturated rings. The maximum absolute atomic E-state index is 11.8. The van der Waals surface area contributed by atoms with Crippen molar-refractivity contribution in [3.8, 4) is 0 Å². The first-order chi connectivity index (χ1) is 23.3. The molecule has 2 N–H and O–H groups in total. The Labute approximate surface area is 295 Å². The molecule has 48 heavy (non-hydrogen) atoms. The lowest BCUT2D eigenvalue weighted by Crippen LogP contribution is -2.33. The van der Waals surface area contributed by atoms with Crippen molar-refractivity contribution in [3.63, 3.8) is 0 Å². The Morgan fingerprint density at radius 3 is 1.29 bits per heavy atom. The molecule has 0 heterocycles. The van der Waals surface area contributed by atoms with Crippen LogP contribution in [-0.4, -0.2) is 43.1 Å². The molecule has 0 amide bonds. The Hall–Kier alpha value is -2.22. The minimum atomic E-state index is -0.861. The number of nitrogens with two attached hydrogens (primary N) is 1. The lowest BCUT2D eigenvalue weighted by atomic mass is 10.1. The molecule has 0 aliphatic heterocycles. The van der Waals surface area contributed by atoms with Crippen LogP contribution in [0.25, 0.3) is 0 Å². The van der Waals surface area contributed by atoms with Crippen molar-refractivity contribution in [3.05, 3.63) is 12.7 Å². The van der Waals surface area contributed by atoms with Crippen molar-refractivity contribution < 1.29 is 33.4 Å². The zero-order valence-corrected chi connectivity index (χ0v) is 31.5. The number of hydrogen-bond donors (Lipinski definition) is 1. The second-order valence-corrected chi connectivity index (χ2v) is 13.1. The van der Waals surface area contributed by atoms with Crippen molar-refractivity contribution >= 4 is 23.9 Å². The quantitative estimate of drug-likeness (QED) is 0.0239. The lowest BCUT2D eigenvalue weighted by Gasteiger charge is -2.11. The number of hydrogen-bond acceptors (Lipinski definition) is 8. The van der Waals surface area contributed by atoms with Crippen LogP contribution >= 0.6 is 0 Å². The van der Waals surface area contributed by atoms with E-state index in [0.29, 0.717) is 13.2 Å². The van der Waals surface area contributed by atoms with E-state index in [9.17, 15) is 19.2 Å². The van der Waals surface area contributed by atoms with Gasteiger partial charge in [-0.05, 0) is 25.7 Å². The Morgan fingerprint density at radius 1 is 0.521 bits per heavy atom. The van der Waals surface area contributed by atoms with E-state index in [0.717, 1.165) is 44.9 Å². The first kappa shape index (κ1) is 47.9. The van der Waals surface area contributed by atoms with Crippen LogP contribution < -0.4 is 5.73 Å². The Kier molecular flexibility index (Phi) is 39.1. The van der Waals surface area contributed by atoms with Gasteiger partial charge in [0.1, 0.15) is 6.04 Å². The first-order valence-corrected chi connectivity index (χ1v) is 19.8. The van der Waals surface area contributed by atoms with E-state index in [1.54, 1.807) is 0 Å². The Balaban J connectivity index is 0. The average molecular weight is 682 g/mol. The van der Waals surface area contributed by atoms with Gasteiger partial charge in [-0.15, -0.1) is 0 Å². The smallest absolute Gasteiger partial charge is 0.330 e. The summed E-state index contributed by atoms with van der Waals surface area (Å²) in [6.45, 7) is 10.9. The van der Waals surface area contributed by atoms with E-state index >= 15 is 0 Å². The summed E-state index contributed by atoms with van der Waals surface area (Å²) in [6, 6.07) is -0.861. The van der Waals surface area contributed by atoms with Gasteiger partial charge in [-0.3, -0.25) is 14.4 Å². The van der Waals surface area contributed by atoms with Crippen LogP contribution in [0, 0.1) is 0 Å². The molecule has 0 spiro atoms. The predicted molar refractivity (Wildman–Crippen MR) is 197 cm³/mol. The Morgan fingerprint density at radius 2 is 0.875 bits per heavy atom. The number of carbonyl (C=O) groups is 4. The highest BCUT2D eigenvalue weighted by Gasteiger charge is 2.18. The van der Waals surface area contributed by atoms with Crippen molar-refractivity contribution in [2.24, 2.45) is 5.73 Å². The van der Waals surface area contributed by atoms with Crippen molar-refractivity contribution in [2.45, 2.75) is 207 Å². The van der Waals surface area contributed by atoms with Gasteiger partial charge in [0.2, 0.25) is 0 Å². The molecule has 0 aliphatic rings. The van der Waals surface area contributed by atoms with Gasteiger partial charge in [0, 0.05) is 18.9 Å². The number of unbranched alkanes of at least 4 members (excludes halogenated alkanes) is 22. The van der Waals surface area contributed by atoms with Crippen molar-refractivity contribution in [1.82, 2.24) is 0 Å². The highest BCUT2D eigenvalue weighted by Crippen LogP contribution is 2.12. The fraction of sp³-hybridized carbons (Fsp3) is 0.850. The highest BCUT2D eigenvalue weighted by molar-refractivity contribution is 5.86. The normalized spacial score (nSPS) is 11.2. The zero-order chi connectivity index (χ0) is 35.9. The summed E-state index contributed by atoms with van der Waals surface area (Å²) in [6.07, 6.45) is 31.6. The number of rotatable bonds is 33. The molecule has 8 heteroatoms. The van der Waals surface area contributed by atoms with Gasteiger partial charge in [-0.2, -0.15) is 0 Å². The number of esters is 4. The molecule has 0 unspecified atom stereocenters. The molecule has 282 valence electrons. The molecule has 0 aromatic carbocycles. The van der Waals surface area contributed by atoms with E-state index in [4.69, 9.17) is 19.9 Å². The molecule has 0 bridgehead atoms. The van der Waals surface area contributed by atoms with E-state index in [1.807, 2.05) is 0 Å². The molecule has 1 atom stereocenters. The summed E-state index contributed by atoms with van der Waals surface area (Å²) in [5.74, 6) is -1.92. The summed E-state index contributed by atoms with van der Waals surface area (Å²) >= 11 is 0. The van der Waals surface area contributed by atoms with Crippen LogP contribution in [0.15, 0.2) is 12.7 Å². The maximum Gasteiger partial charge on any atom is 0.330 e. The third kappa shape index (κ3) is 38.2. The molecule has 0 aromatic rings. The molecule has 0 aliphatic carbocycles. The molecule has 0 aromatic heterocycles. The molecule has 0 saturated heterocycles. The third-order valence-corrected chi connectivity index (χ3v) is 8.33. The van der Waals surface area contributed by atoms with E-state index in [-0.39, 0.29) is 25.2 Å². The van der Waals surface area contributed by atoms with E-state index in [1.165, 1.54) is 122 Å². The standard InChI is InChI=1S/C25H47NO5.C15H28O2/c1-3-5-7-9-11-12-13-14-16-18-23(27)31-24(28)20-19-22(26)25(29)30-21-17-15-10-8-6-4-2;1-3-5-6-7-8-9-10-11-12-13-14-17-15(16)4-2/h22H,3-21,26H2,1-2H3;4H,2-3,5-14H2,1H3/t22-;/m0./s1. The predicted octanol–water partition coefficient (Wildman–Crippen LogP) is 10.6. The number of carbonyl (C=O) groups excluding carboxylic acids is 4. The lowest BCUT2D eigenvalue weighted by molar-refractivity contribution is -0.159. The average Bonchev–Trinajstić information content (AvgIpc) is 3.08. The second kappa shape index (κ2) is 39.2.